The Hall–Kier alpha value is -1.43. The van der Waals surface area contributed by atoms with Crippen LogP contribution in [0.1, 0.15) is 47.5 Å². The standard InChI is InChI=1S/C10H14N2O3S/c1-4-10(2,3)12-7(13)8-11-6(5-16-8)9(14)15/h5H,4H2,1-3H3,(H,12,13)(H,14,15). The molecule has 2 N–H and O–H groups in total. The van der Waals surface area contributed by atoms with Gasteiger partial charge in [-0.2, -0.15) is 0 Å². The quantitative estimate of drug-likeness (QED) is 0.843. The molecular weight excluding hydrogens is 228 g/mol. The Balaban J connectivity index is 2.77. The zero-order valence-electron chi connectivity index (χ0n) is 9.40. The van der Waals surface area contributed by atoms with E-state index in [1.807, 2.05) is 20.8 Å². The van der Waals surface area contributed by atoms with Crippen LogP contribution in [0.15, 0.2) is 5.38 Å². The summed E-state index contributed by atoms with van der Waals surface area (Å²) >= 11 is 1.03. The molecule has 0 aliphatic rings. The van der Waals surface area contributed by atoms with Gasteiger partial charge in [-0.15, -0.1) is 11.3 Å². The van der Waals surface area contributed by atoms with Gasteiger partial charge in [-0.1, -0.05) is 6.92 Å². The van der Waals surface area contributed by atoms with Crippen molar-refractivity contribution in [2.75, 3.05) is 0 Å². The van der Waals surface area contributed by atoms with Gasteiger partial charge < -0.3 is 10.4 Å². The number of hydrogen-bond acceptors (Lipinski definition) is 4. The lowest BCUT2D eigenvalue weighted by molar-refractivity contribution is 0.0691. The Kier molecular flexibility index (Phi) is 3.64. The van der Waals surface area contributed by atoms with Crippen LogP contribution in [0.3, 0.4) is 0 Å². The number of carbonyl (C=O) groups excluding carboxylic acids is 1. The average molecular weight is 242 g/mol. The van der Waals surface area contributed by atoms with Gasteiger partial charge in [0.1, 0.15) is 0 Å². The van der Waals surface area contributed by atoms with E-state index in [9.17, 15) is 9.59 Å². The molecule has 0 atom stereocenters. The van der Waals surface area contributed by atoms with E-state index < -0.39 is 5.97 Å². The number of aromatic nitrogens is 1. The van der Waals surface area contributed by atoms with Crippen molar-refractivity contribution in [2.45, 2.75) is 32.7 Å². The van der Waals surface area contributed by atoms with Crippen LogP contribution in [0.5, 0.6) is 0 Å². The molecule has 1 heterocycles. The Morgan fingerprint density at radius 3 is 2.62 bits per heavy atom. The van der Waals surface area contributed by atoms with Gasteiger partial charge in [0.2, 0.25) is 0 Å². The van der Waals surface area contributed by atoms with Crippen LogP contribution in [0, 0.1) is 0 Å². The molecule has 0 spiro atoms. The normalized spacial score (nSPS) is 11.2. The molecule has 5 nitrogen and oxygen atoms in total. The summed E-state index contributed by atoms with van der Waals surface area (Å²) < 4.78 is 0. The molecule has 0 bridgehead atoms. The zero-order chi connectivity index (χ0) is 12.3. The largest absolute Gasteiger partial charge is 0.476 e. The van der Waals surface area contributed by atoms with Crippen molar-refractivity contribution >= 4 is 23.2 Å². The second-order valence-corrected chi connectivity index (χ2v) is 4.89. The fourth-order valence-corrected chi connectivity index (χ4v) is 1.61. The molecule has 0 unspecified atom stereocenters. The smallest absolute Gasteiger partial charge is 0.355 e. The number of carboxylic acids is 1. The molecule has 0 radical (unpaired) electrons. The van der Waals surface area contributed by atoms with Gasteiger partial charge >= 0.3 is 5.97 Å². The van der Waals surface area contributed by atoms with Crippen molar-refractivity contribution in [3.8, 4) is 0 Å². The molecule has 0 saturated heterocycles. The van der Waals surface area contributed by atoms with Gasteiger partial charge in [0, 0.05) is 10.9 Å². The lowest BCUT2D eigenvalue weighted by Crippen LogP contribution is -2.42. The van der Waals surface area contributed by atoms with Crippen LogP contribution in [0.2, 0.25) is 0 Å². The van der Waals surface area contributed by atoms with Gasteiger partial charge in [-0.25, -0.2) is 9.78 Å². The van der Waals surface area contributed by atoms with E-state index in [0.717, 1.165) is 17.8 Å². The Morgan fingerprint density at radius 1 is 1.56 bits per heavy atom. The molecule has 0 aliphatic heterocycles. The van der Waals surface area contributed by atoms with E-state index in [0.29, 0.717) is 0 Å². The number of thiazole rings is 1. The van der Waals surface area contributed by atoms with Crippen molar-refractivity contribution in [3.63, 3.8) is 0 Å². The fourth-order valence-electron chi connectivity index (χ4n) is 0.925. The van der Waals surface area contributed by atoms with Crippen molar-refractivity contribution in [2.24, 2.45) is 0 Å². The molecule has 0 fully saturated rings. The maximum Gasteiger partial charge on any atom is 0.355 e. The summed E-state index contributed by atoms with van der Waals surface area (Å²) in [5.74, 6) is -1.45. The third-order valence-electron chi connectivity index (χ3n) is 2.25. The third-order valence-corrected chi connectivity index (χ3v) is 3.09. The Bertz CT molecular complexity index is 412. The Morgan fingerprint density at radius 2 is 2.19 bits per heavy atom. The van der Waals surface area contributed by atoms with E-state index in [2.05, 4.69) is 10.3 Å². The van der Waals surface area contributed by atoms with E-state index in [4.69, 9.17) is 5.11 Å². The number of carbonyl (C=O) groups is 2. The summed E-state index contributed by atoms with van der Waals surface area (Å²) in [6, 6.07) is 0. The molecule has 88 valence electrons. The minimum Gasteiger partial charge on any atom is -0.476 e. The molecule has 1 aromatic rings. The van der Waals surface area contributed by atoms with Gasteiger partial charge in [-0.05, 0) is 20.3 Å². The SMILES string of the molecule is CCC(C)(C)NC(=O)c1nc(C(=O)O)cs1. The maximum absolute atomic E-state index is 11.7. The highest BCUT2D eigenvalue weighted by molar-refractivity contribution is 7.11. The molecule has 0 aromatic carbocycles. The summed E-state index contributed by atoms with van der Waals surface area (Å²) in [5, 5.41) is 13.0. The summed E-state index contributed by atoms with van der Waals surface area (Å²) in [7, 11) is 0. The zero-order valence-corrected chi connectivity index (χ0v) is 10.2. The first-order valence-electron chi connectivity index (χ1n) is 4.87. The number of amides is 1. The van der Waals surface area contributed by atoms with Crippen LogP contribution in [0.25, 0.3) is 0 Å². The predicted molar refractivity (Wildman–Crippen MR) is 60.9 cm³/mol. The highest BCUT2D eigenvalue weighted by Crippen LogP contribution is 2.13. The molecular formula is C10H14N2O3S. The number of hydrogen-bond donors (Lipinski definition) is 2. The lowest BCUT2D eigenvalue weighted by Gasteiger charge is -2.23. The summed E-state index contributed by atoms with van der Waals surface area (Å²) in [4.78, 5) is 26.0. The van der Waals surface area contributed by atoms with E-state index in [1.165, 1.54) is 5.38 Å². The Labute approximate surface area is 97.5 Å². The molecule has 6 heteroatoms. The number of rotatable bonds is 4. The average Bonchev–Trinajstić information content (AvgIpc) is 2.66. The van der Waals surface area contributed by atoms with Crippen LogP contribution < -0.4 is 5.32 Å². The van der Waals surface area contributed by atoms with E-state index in [-0.39, 0.29) is 22.1 Å². The number of nitrogens with one attached hydrogen (secondary N) is 1. The molecule has 1 rings (SSSR count). The first kappa shape index (κ1) is 12.6. The molecule has 0 saturated carbocycles. The minimum absolute atomic E-state index is 0.0931. The summed E-state index contributed by atoms with van der Waals surface area (Å²) in [6.07, 6.45) is 0.788. The van der Waals surface area contributed by atoms with Gasteiger partial charge in [0.15, 0.2) is 10.7 Å². The van der Waals surface area contributed by atoms with Crippen LogP contribution >= 0.6 is 11.3 Å². The molecule has 0 aliphatic carbocycles. The highest BCUT2D eigenvalue weighted by atomic mass is 32.1. The number of aromatic carboxylic acids is 1. The molecule has 1 amide bonds. The van der Waals surface area contributed by atoms with Crippen molar-refractivity contribution < 1.29 is 14.7 Å². The van der Waals surface area contributed by atoms with Crippen molar-refractivity contribution in [3.05, 3.63) is 16.1 Å². The molecule has 16 heavy (non-hydrogen) atoms. The second-order valence-electron chi connectivity index (χ2n) is 4.03. The summed E-state index contributed by atoms with van der Waals surface area (Å²) in [6.45, 7) is 5.76. The van der Waals surface area contributed by atoms with Crippen LogP contribution in [-0.4, -0.2) is 27.5 Å². The number of nitrogens with zero attached hydrogens (tertiary/aromatic N) is 1. The molecule has 1 aromatic heterocycles. The highest BCUT2D eigenvalue weighted by Gasteiger charge is 2.21. The summed E-state index contributed by atoms with van der Waals surface area (Å²) in [5.41, 5.74) is -0.406. The van der Waals surface area contributed by atoms with Crippen LogP contribution in [0.4, 0.5) is 0 Å². The van der Waals surface area contributed by atoms with Gasteiger partial charge in [-0.3, -0.25) is 4.79 Å². The first-order chi connectivity index (χ1) is 7.35. The number of carboxylic acid groups (broad SMARTS) is 1. The topological polar surface area (TPSA) is 79.3 Å². The minimum atomic E-state index is -1.12. The van der Waals surface area contributed by atoms with Gasteiger partial charge in [0.05, 0.1) is 0 Å². The monoisotopic (exact) mass is 242 g/mol. The van der Waals surface area contributed by atoms with E-state index in [1.54, 1.807) is 0 Å². The lowest BCUT2D eigenvalue weighted by atomic mass is 10.0. The predicted octanol–water partition coefficient (Wildman–Crippen LogP) is 1.76. The second kappa shape index (κ2) is 4.61. The fraction of sp³-hybridized carbons (Fsp3) is 0.500. The van der Waals surface area contributed by atoms with Crippen molar-refractivity contribution in [1.82, 2.24) is 10.3 Å². The maximum atomic E-state index is 11.7. The van der Waals surface area contributed by atoms with E-state index >= 15 is 0 Å². The first-order valence-corrected chi connectivity index (χ1v) is 5.75. The van der Waals surface area contributed by atoms with Crippen LogP contribution in [-0.2, 0) is 0 Å². The van der Waals surface area contributed by atoms with Gasteiger partial charge in [0.25, 0.3) is 5.91 Å². The van der Waals surface area contributed by atoms with Crippen molar-refractivity contribution in [1.29, 1.82) is 0 Å². The third kappa shape index (κ3) is 3.03.